The summed E-state index contributed by atoms with van der Waals surface area (Å²) in [6.07, 6.45) is 2.00. The molecule has 0 radical (unpaired) electrons. The smallest absolute Gasteiger partial charge is 0.224 e. The lowest BCUT2D eigenvalue weighted by Gasteiger charge is -2.33. The third kappa shape index (κ3) is 3.44. The SMILES string of the molecule is CNCc1ccc(N2CCCC(C(=O)NC)C2)cc1Cl. The van der Waals surface area contributed by atoms with Crippen LogP contribution in [0.25, 0.3) is 0 Å². The lowest BCUT2D eigenvalue weighted by Crippen LogP contribution is -2.42. The number of piperidine rings is 1. The Morgan fingerprint density at radius 3 is 2.90 bits per heavy atom. The number of benzene rings is 1. The van der Waals surface area contributed by atoms with Crippen LogP contribution in [0.2, 0.25) is 5.02 Å². The number of anilines is 1. The molecule has 1 fully saturated rings. The van der Waals surface area contributed by atoms with Gasteiger partial charge in [-0.25, -0.2) is 0 Å². The van der Waals surface area contributed by atoms with Crippen molar-refractivity contribution in [1.29, 1.82) is 0 Å². The molecular weight excluding hydrogens is 274 g/mol. The first-order valence-electron chi connectivity index (χ1n) is 7.05. The lowest BCUT2D eigenvalue weighted by molar-refractivity contribution is -0.124. The molecule has 0 aromatic heterocycles. The summed E-state index contributed by atoms with van der Waals surface area (Å²) in [4.78, 5) is 14.0. The minimum Gasteiger partial charge on any atom is -0.371 e. The Hall–Kier alpha value is -1.26. The van der Waals surface area contributed by atoms with Crippen molar-refractivity contribution in [3.63, 3.8) is 0 Å². The monoisotopic (exact) mass is 295 g/mol. The average molecular weight is 296 g/mol. The van der Waals surface area contributed by atoms with Crippen molar-refractivity contribution in [3.8, 4) is 0 Å². The van der Waals surface area contributed by atoms with Crippen LogP contribution in [0.4, 0.5) is 5.69 Å². The minimum atomic E-state index is 0.0736. The molecule has 1 atom stereocenters. The molecule has 1 aromatic rings. The molecule has 1 unspecified atom stereocenters. The number of carbonyl (C=O) groups is 1. The topological polar surface area (TPSA) is 44.4 Å². The van der Waals surface area contributed by atoms with E-state index in [1.54, 1.807) is 7.05 Å². The van der Waals surface area contributed by atoms with Crippen LogP contribution >= 0.6 is 11.6 Å². The van der Waals surface area contributed by atoms with E-state index in [-0.39, 0.29) is 11.8 Å². The maximum Gasteiger partial charge on any atom is 0.224 e. The summed E-state index contributed by atoms with van der Waals surface area (Å²) >= 11 is 6.31. The number of carbonyl (C=O) groups excluding carboxylic acids is 1. The van der Waals surface area contributed by atoms with E-state index in [0.717, 1.165) is 48.7 Å². The Bertz CT molecular complexity index is 478. The summed E-state index contributed by atoms with van der Waals surface area (Å²) < 4.78 is 0. The summed E-state index contributed by atoms with van der Waals surface area (Å²) in [5, 5.41) is 6.62. The first kappa shape index (κ1) is 15.1. The molecule has 1 heterocycles. The molecule has 0 saturated carbocycles. The Morgan fingerprint density at radius 1 is 1.45 bits per heavy atom. The van der Waals surface area contributed by atoms with Crippen molar-refractivity contribution in [2.75, 3.05) is 32.1 Å². The Morgan fingerprint density at radius 2 is 2.25 bits per heavy atom. The highest BCUT2D eigenvalue weighted by molar-refractivity contribution is 6.31. The van der Waals surface area contributed by atoms with Crippen molar-refractivity contribution in [3.05, 3.63) is 28.8 Å². The molecule has 0 aliphatic carbocycles. The van der Waals surface area contributed by atoms with Crippen LogP contribution in [0.5, 0.6) is 0 Å². The molecule has 1 saturated heterocycles. The van der Waals surface area contributed by atoms with Crippen LogP contribution in [0.15, 0.2) is 18.2 Å². The molecule has 20 heavy (non-hydrogen) atoms. The maximum absolute atomic E-state index is 11.8. The lowest BCUT2D eigenvalue weighted by atomic mass is 9.96. The number of hydrogen-bond acceptors (Lipinski definition) is 3. The zero-order valence-corrected chi connectivity index (χ0v) is 12.8. The van der Waals surface area contributed by atoms with Crippen LogP contribution in [0.3, 0.4) is 0 Å². The van der Waals surface area contributed by atoms with E-state index in [4.69, 9.17) is 11.6 Å². The van der Waals surface area contributed by atoms with Gasteiger partial charge in [0, 0.05) is 37.4 Å². The Labute approximate surface area is 125 Å². The van der Waals surface area contributed by atoms with E-state index in [1.165, 1.54) is 0 Å². The largest absolute Gasteiger partial charge is 0.371 e. The van der Waals surface area contributed by atoms with Crippen LogP contribution in [-0.4, -0.2) is 33.1 Å². The molecule has 1 aliphatic heterocycles. The van der Waals surface area contributed by atoms with Gasteiger partial charge in [0.15, 0.2) is 0 Å². The highest BCUT2D eigenvalue weighted by atomic mass is 35.5. The molecule has 110 valence electrons. The summed E-state index contributed by atoms with van der Waals surface area (Å²) in [5.41, 5.74) is 2.20. The van der Waals surface area contributed by atoms with E-state index in [1.807, 2.05) is 13.1 Å². The Balaban J connectivity index is 2.11. The molecule has 2 rings (SSSR count). The van der Waals surface area contributed by atoms with E-state index in [2.05, 4.69) is 27.7 Å². The zero-order chi connectivity index (χ0) is 14.5. The van der Waals surface area contributed by atoms with Crippen LogP contribution < -0.4 is 15.5 Å². The van der Waals surface area contributed by atoms with Crippen molar-refractivity contribution in [2.45, 2.75) is 19.4 Å². The minimum absolute atomic E-state index is 0.0736. The second-order valence-corrected chi connectivity index (χ2v) is 5.61. The van der Waals surface area contributed by atoms with Gasteiger partial charge in [-0.3, -0.25) is 4.79 Å². The van der Waals surface area contributed by atoms with Gasteiger partial charge in [0.25, 0.3) is 0 Å². The highest BCUT2D eigenvalue weighted by Gasteiger charge is 2.25. The number of nitrogens with zero attached hydrogens (tertiary/aromatic N) is 1. The number of rotatable bonds is 4. The van der Waals surface area contributed by atoms with Crippen molar-refractivity contribution >= 4 is 23.2 Å². The van der Waals surface area contributed by atoms with Gasteiger partial charge in [-0.15, -0.1) is 0 Å². The van der Waals surface area contributed by atoms with Crippen molar-refractivity contribution in [1.82, 2.24) is 10.6 Å². The van der Waals surface area contributed by atoms with Crippen molar-refractivity contribution < 1.29 is 4.79 Å². The molecule has 1 aliphatic rings. The number of halogens is 1. The van der Waals surface area contributed by atoms with Gasteiger partial charge in [0.2, 0.25) is 5.91 Å². The normalized spacial score (nSPS) is 18.9. The Kier molecular flexibility index (Phi) is 5.26. The third-order valence-corrected chi connectivity index (χ3v) is 4.16. The van der Waals surface area contributed by atoms with Gasteiger partial charge < -0.3 is 15.5 Å². The van der Waals surface area contributed by atoms with Gasteiger partial charge in [0.05, 0.1) is 5.92 Å². The quantitative estimate of drug-likeness (QED) is 0.893. The number of amides is 1. The first-order chi connectivity index (χ1) is 9.65. The standard InChI is InChI=1S/C15H22ClN3O/c1-17-9-11-5-6-13(8-14(11)16)19-7-3-4-12(10-19)15(20)18-2/h5-6,8,12,17H,3-4,7,9-10H2,1-2H3,(H,18,20). The van der Waals surface area contributed by atoms with E-state index in [9.17, 15) is 4.79 Å². The average Bonchev–Trinajstić information content (AvgIpc) is 2.49. The molecular formula is C15H22ClN3O. The van der Waals surface area contributed by atoms with Gasteiger partial charge in [-0.05, 0) is 37.6 Å². The second kappa shape index (κ2) is 6.95. The third-order valence-electron chi connectivity index (χ3n) is 3.81. The van der Waals surface area contributed by atoms with E-state index >= 15 is 0 Å². The van der Waals surface area contributed by atoms with Gasteiger partial charge in [0.1, 0.15) is 0 Å². The fourth-order valence-corrected chi connectivity index (χ4v) is 2.94. The van der Waals surface area contributed by atoms with Gasteiger partial charge in [-0.1, -0.05) is 17.7 Å². The molecule has 4 nitrogen and oxygen atoms in total. The zero-order valence-electron chi connectivity index (χ0n) is 12.1. The second-order valence-electron chi connectivity index (χ2n) is 5.21. The maximum atomic E-state index is 11.8. The van der Waals surface area contributed by atoms with Gasteiger partial charge >= 0.3 is 0 Å². The molecule has 1 aromatic carbocycles. The molecule has 2 N–H and O–H groups in total. The van der Waals surface area contributed by atoms with Gasteiger partial charge in [-0.2, -0.15) is 0 Å². The summed E-state index contributed by atoms with van der Waals surface area (Å²) in [6, 6.07) is 6.14. The van der Waals surface area contributed by atoms with Crippen LogP contribution in [0.1, 0.15) is 18.4 Å². The molecule has 0 spiro atoms. The number of nitrogens with one attached hydrogen (secondary N) is 2. The van der Waals surface area contributed by atoms with Crippen molar-refractivity contribution in [2.24, 2.45) is 5.92 Å². The predicted octanol–water partition coefficient (Wildman–Crippen LogP) is 2.02. The number of hydrogen-bond donors (Lipinski definition) is 2. The summed E-state index contributed by atoms with van der Waals surface area (Å²) in [6.45, 7) is 2.51. The first-order valence-corrected chi connectivity index (χ1v) is 7.43. The summed E-state index contributed by atoms with van der Waals surface area (Å²) in [5.74, 6) is 0.206. The fourth-order valence-electron chi connectivity index (χ4n) is 2.70. The van der Waals surface area contributed by atoms with E-state index in [0.29, 0.717) is 0 Å². The van der Waals surface area contributed by atoms with Crippen LogP contribution in [0, 0.1) is 5.92 Å². The predicted molar refractivity (Wildman–Crippen MR) is 83.2 cm³/mol. The van der Waals surface area contributed by atoms with E-state index < -0.39 is 0 Å². The molecule has 5 heteroatoms. The fraction of sp³-hybridized carbons (Fsp3) is 0.533. The summed E-state index contributed by atoms with van der Waals surface area (Å²) in [7, 11) is 3.60. The highest BCUT2D eigenvalue weighted by Crippen LogP contribution is 2.27. The molecule has 0 bridgehead atoms. The van der Waals surface area contributed by atoms with Crippen LogP contribution in [-0.2, 0) is 11.3 Å². The molecule has 1 amide bonds.